The SMILES string of the molecule is C=CC(CCCC)CCSC.CC.CCCc1cnc(N2CCN(C)C(/C(C)=C/C=C(\C)C3CC3)C2)cn1. The standard InChI is InChI=1S/C21H32N4.C10H20S.C2H6/c1-5-6-19-13-23-21(14-22-19)25-12-11-24(4)20(15-25)17(3)8-7-16(2)18-9-10-18;1-4-6-7-10(5-2)8-9-11-3;1-2/h7-8,13-14,18,20H,5-6,9-12,15H2,1-4H3;5,10H,2,4,6-9H2,1,3H3;1-2H3/b16-7+,17-8+;;. The topological polar surface area (TPSA) is 32.3 Å². The highest BCUT2D eigenvalue weighted by molar-refractivity contribution is 7.98. The molecule has 1 aromatic heterocycles. The molecule has 2 heterocycles. The van der Waals surface area contributed by atoms with Crippen molar-refractivity contribution < 1.29 is 0 Å². The summed E-state index contributed by atoms with van der Waals surface area (Å²) in [6, 6.07) is 0.439. The Morgan fingerprint density at radius 1 is 1.05 bits per heavy atom. The Labute approximate surface area is 240 Å². The van der Waals surface area contributed by atoms with Crippen molar-refractivity contribution in [2.45, 2.75) is 99.0 Å². The highest BCUT2D eigenvalue weighted by Gasteiger charge is 2.27. The van der Waals surface area contributed by atoms with Crippen LogP contribution in [-0.4, -0.2) is 59.6 Å². The van der Waals surface area contributed by atoms with E-state index in [9.17, 15) is 0 Å². The van der Waals surface area contributed by atoms with Crippen LogP contribution in [0.3, 0.4) is 0 Å². The molecule has 5 heteroatoms. The molecule has 1 saturated heterocycles. The van der Waals surface area contributed by atoms with Gasteiger partial charge >= 0.3 is 0 Å². The van der Waals surface area contributed by atoms with Crippen molar-refractivity contribution in [1.29, 1.82) is 0 Å². The van der Waals surface area contributed by atoms with E-state index in [1.165, 1.54) is 55.4 Å². The van der Waals surface area contributed by atoms with E-state index in [4.69, 9.17) is 0 Å². The van der Waals surface area contributed by atoms with Gasteiger partial charge in [0.05, 0.1) is 18.1 Å². The molecule has 1 aromatic rings. The van der Waals surface area contributed by atoms with E-state index in [0.717, 1.165) is 55.8 Å². The molecule has 2 atom stereocenters. The summed E-state index contributed by atoms with van der Waals surface area (Å²) in [5.41, 5.74) is 4.06. The van der Waals surface area contributed by atoms with Crippen molar-refractivity contribution in [3.8, 4) is 0 Å². The predicted octanol–water partition coefficient (Wildman–Crippen LogP) is 8.61. The summed E-state index contributed by atoms with van der Waals surface area (Å²) < 4.78 is 0. The smallest absolute Gasteiger partial charge is 0.147 e. The van der Waals surface area contributed by atoms with Crippen LogP contribution in [0.5, 0.6) is 0 Å². The van der Waals surface area contributed by atoms with Crippen LogP contribution in [0, 0.1) is 11.8 Å². The molecule has 2 unspecified atom stereocenters. The second-order valence-corrected chi connectivity index (χ2v) is 11.6. The summed E-state index contributed by atoms with van der Waals surface area (Å²) in [6.45, 7) is 19.9. The van der Waals surface area contributed by atoms with Crippen molar-refractivity contribution in [2.24, 2.45) is 11.8 Å². The van der Waals surface area contributed by atoms with E-state index in [-0.39, 0.29) is 0 Å². The van der Waals surface area contributed by atoms with Crippen LogP contribution in [0.2, 0.25) is 0 Å². The molecule has 3 rings (SSSR count). The predicted molar refractivity (Wildman–Crippen MR) is 172 cm³/mol. The minimum atomic E-state index is 0.439. The van der Waals surface area contributed by atoms with Gasteiger partial charge in [0.1, 0.15) is 5.82 Å². The fraction of sp³-hybridized carbons (Fsp3) is 0.697. The molecule has 38 heavy (non-hydrogen) atoms. The molecular weight excluding hydrogens is 484 g/mol. The quantitative estimate of drug-likeness (QED) is 0.184. The van der Waals surface area contributed by atoms with Gasteiger partial charge in [0.15, 0.2) is 0 Å². The second-order valence-electron chi connectivity index (χ2n) is 10.6. The zero-order chi connectivity index (χ0) is 28.3. The molecule has 0 bridgehead atoms. The average Bonchev–Trinajstić information content (AvgIpc) is 3.80. The Morgan fingerprint density at radius 3 is 2.32 bits per heavy atom. The lowest BCUT2D eigenvalue weighted by Gasteiger charge is -2.40. The third-order valence-electron chi connectivity index (χ3n) is 7.48. The number of aryl methyl sites for hydroxylation is 1. The molecule has 0 spiro atoms. The molecule has 2 aliphatic rings. The number of unbranched alkanes of at least 4 members (excludes halogenated alkanes) is 1. The summed E-state index contributed by atoms with van der Waals surface area (Å²) >= 11 is 1.93. The largest absolute Gasteiger partial charge is 0.352 e. The van der Waals surface area contributed by atoms with E-state index in [0.29, 0.717) is 6.04 Å². The summed E-state index contributed by atoms with van der Waals surface area (Å²) in [5, 5.41) is 0. The lowest BCUT2D eigenvalue weighted by molar-refractivity contribution is 0.246. The van der Waals surface area contributed by atoms with Gasteiger partial charge in [0, 0.05) is 25.7 Å². The fourth-order valence-corrected chi connectivity index (χ4v) is 5.17. The number of likely N-dealkylation sites (N-methyl/N-ethyl adjacent to an activating group) is 1. The maximum atomic E-state index is 4.66. The molecule has 0 N–H and O–H groups in total. The first-order valence-electron chi connectivity index (χ1n) is 15.2. The number of hydrogen-bond acceptors (Lipinski definition) is 5. The average molecular weight is 543 g/mol. The number of thioether (sulfide) groups is 1. The highest BCUT2D eigenvalue weighted by atomic mass is 32.2. The Morgan fingerprint density at radius 2 is 1.76 bits per heavy atom. The minimum absolute atomic E-state index is 0.439. The number of nitrogens with zero attached hydrogens (tertiary/aromatic N) is 4. The number of allylic oxidation sites excluding steroid dienone is 4. The fourth-order valence-electron chi connectivity index (χ4n) is 4.63. The molecule has 2 fully saturated rings. The Bertz CT molecular complexity index is 805. The van der Waals surface area contributed by atoms with Crippen molar-refractivity contribution in [1.82, 2.24) is 14.9 Å². The summed E-state index contributed by atoms with van der Waals surface area (Å²) in [4.78, 5) is 14.1. The van der Waals surface area contributed by atoms with Crippen LogP contribution < -0.4 is 4.90 Å². The third kappa shape index (κ3) is 13.0. The van der Waals surface area contributed by atoms with Crippen LogP contribution in [0.15, 0.2) is 48.3 Å². The van der Waals surface area contributed by atoms with Gasteiger partial charge in [-0.3, -0.25) is 9.88 Å². The van der Waals surface area contributed by atoms with Crippen molar-refractivity contribution in [3.05, 3.63) is 54.0 Å². The van der Waals surface area contributed by atoms with E-state index < -0.39 is 0 Å². The van der Waals surface area contributed by atoms with Crippen LogP contribution in [0.1, 0.15) is 92.2 Å². The number of anilines is 1. The Kier molecular flexibility index (Phi) is 18.4. The van der Waals surface area contributed by atoms with Crippen LogP contribution in [0.25, 0.3) is 0 Å². The normalized spacial score (nSPS) is 19.2. The van der Waals surface area contributed by atoms with Crippen molar-refractivity contribution in [2.75, 3.05) is 43.6 Å². The van der Waals surface area contributed by atoms with E-state index in [2.05, 4.69) is 85.6 Å². The Hall–Kier alpha value is -1.59. The van der Waals surface area contributed by atoms with Crippen molar-refractivity contribution in [3.63, 3.8) is 0 Å². The van der Waals surface area contributed by atoms with Gasteiger partial charge in [-0.05, 0) is 76.8 Å². The maximum Gasteiger partial charge on any atom is 0.147 e. The number of piperazine rings is 1. The minimum Gasteiger partial charge on any atom is -0.352 e. The Balaban J connectivity index is 0.000000470. The zero-order valence-electron chi connectivity index (χ0n) is 26.0. The van der Waals surface area contributed by atoms with Crippen LogP contribution >= 0.6 is 11.8 Å². The lowest BCUT2D eigenvalue weighted by Crippen LogP contribution is -2.52. The van der Waals surface area contributed by atoms with Gasteiger partial charge in [-0.1, -0.05) is 76.3 Å². The molecule has 1 saturated carbocycles. The summed E-state index contributed by atoms with van der Waals surface area (Å²) in [7, 11) is 2.23. The van der Waals surface area contributed by atoms with Gasteiger partial charge in [0.25, 0.3) is 0 Å². The summed E-state index contributed by atoms with van der Waals surface area (Å²) in [6.07, 6.45) is 23.0. The first-order chi connectivity index (χ1) is 18.4. The van der Waals surface area contributed by atoms with Gasteiger partial charge < -0.3 is 4.90 Å². The highest BCUT2D eigenvalue weighted by Crippen LogP contribution is 2.36. The number of rotatable bonds is 13. The van der Waals surface area contributed by atoms with E-state index in [1.807, 2.05) is 38.0 Å². The molecule has 0 aromatic carbocycles. The first kappa shape index (κ1) is 34.4. The molecule has 0 radical (unpaired) electrons. The van der Waals surface area contributed by atoms with E-state index >= 15 is 0 Å². The monoisotopic (exact) mass is 542 g/mol. The van der Waals surface area contributed by atoms with E-state index in [1.54, 1.807) is 0 Å². The third-order valence-corrected chi connectivity index (χ3v) is 8.12. The second kappa shape index (κ2) is 20.3. The summed E-state index contributed by atoms with van der Waals surface area (Å²) in [5.74, 6) is 3.90. The lowest BCUT2D eigenvalue weighted by atomic mass is 10.00. The van der Waals surface area contributed by atoms with Gasteiger partial charge in [0.2, 0.25) is 0 Å². The van der Waals surface area contributed by atoms with Gasteiger partial charge in [-0.25, -0.2) is 4.98 Å². The number of hydrogen-bond donors (Lipinski definition) is 0. The van der Waals surface area contributed by atoms with Gasteiger partial charge in [-0.15, -0.1) is 6.58 Å². The zero-order valence-corrected chi connectivity index (χ0v) is 26.8. The first-order valence-corrected chi connectivity index (χ1v) is 16.5. The van der Waals surface area contributed by atoms with Crippen LogP contribution in [0.4, 0.5) is 5.82 Å². The molecule has 4 nitrogen and oxygen atoms in total. The molecular formula is C33H58N4S. The van der Waals surface area contributed by atoms with Crippen molar-refractivity contribution >= 4 is 17.6 Å². The maximum absolute atomic E-state index is 4.66. The van der Waals surface area contributed by atoms with Crippen LogP contribution in [-0.2, 0) is 6.42 Å². The van der Waals surface area contributed by atoms with Gasteiger partial charge in [-0.2, -0.15) is 11.8 Å². The molecule has 1 aliphatic heterocycles. The number of aromatic nitrogens is 2. The molecule has 216 valence electrons. The molecule has 0 amide bonds. The molecule has 1 aliphatic carbocycles.